The summed E-state index contributed by atoms with van der Waals surface area (Å²) in [5.74, 6) is 0. The Hall–Kier alpha value is -1.06. The molecule has 21 heavy (non-hydrogen) atoms. The number of hydrogen-bond acceptors (Lipinski definition) is 3. The fraction of sp³-hybridized carbons (Fsp3) is 0.667. The molecular weight excluding hydrogens is 258 g/mol. The number of benzene rings is 1. The Morgan fingerprint density at radius 2 is 2.00 bits per heavy atom. The van der Waals surface area contributed by atoms with E-state index in [0.717, 1.165) is 6.42 Å². The first-order valence-corrected chi connectivity index (χ1v) is 8.31. The molecule has 0 radical (unpaired) electrons. The van der Waals surface area contributed by atoms with E-state index < -0.39 is 0 Å². The van der Waals surface area contributed by atoms with Crippen molar-refractivity contribution in [3.05, 3.63) is 29.3 Å². The van der Waals surface area contributed by atoms with Gasteiger partial charge in [0.2, 0.25) is 0 Å². The van der Waals surface area contributed by atoms with Crippen LogP contribution in [0.4, 0.5) is 5.69 Å². The first kappa shape index (κ1) is 16.3. The maximum atomic E-state index is 6.03. The van der Waals surface area contributed by atoms with Crippen molar-refractivity contribution in [1.29, 1.82) is 0 Å². The second-order valence-corrected chi connectivity index (χ2v) is 6.59. The second kappa shape index (κ2) is 7.28. The van der Waals surface area contributed by atoms with E-state index in [-0.39, 0.29) is 6.04 Å². The molecule has 2 N–H and O–H groups in total. The topological polar surface area (TPSA) is 32.5 Å². The van der Waals surface area contributed by atoms with E-state index in [2.05, 4.69) is 55.8 Å². The van der Waals surface area contributed by atoms with Gasteiger partial charge in [0.25, 0.3) is 0 Å². The molecular formula is C18H31N3. The zero-order chi connectivity index (χ0) is 15.4. The molecule has 1 heterocycles. The summed E-state index contributed by atoms with van der Waals surface area (Å²) >= 11 is 0. The Morgan fingerprint density at radius 3 is 2.57 bits per heavy atom. The number of hydrogen-bond donors (Lipinski definition) is 1. The van der Waals surface area contributed by atoms with Crippen LogP contribution in [0.1, 0.15) is 37.8 Å². The average molecular weight is 289 g/mol. The van der Waals surface area contributed by atoms with Crippen LogP contribution < -0.4 is 10.6 Å². The largest absolute Gasteiger partial charge is 0.371 e. The molecule has 0 aliphatic carbocycles. The minimum absolute atomic E-state index is 0.209. The smallest absolute Gasteiger partial charge is 0.0399 e. The minimum atomic E-state index is 0.209. The molecule has 0 saturated carbocycles. The Bertz CT molecular complexity index is 448. The van der Waals surface area contributed by atoms with Gasteiger partial charge in [-0.05, 0) is 51.3 Å². The van der Waals surface area contributed by atoms with Crippen LogP contribution >= 0.6 is 0 Å². The molecule has 0 aromatic heterocycles. The molecule has 1 aromatic carbocycles. The summed E-state index contributed by atoms with van der Waals surface area (Å²) in [7, 11) is 2.25. The van der Waals surface area contributed by atoms with Gasteiger partial charge in [-0.25, -0.2) is 0 Å². The summed E-state index contributed by atoms with van der Waals surface area (Å²) < 4.78 is 0. The van der Waals surface area contributed by atoms with Crippen LogP contribution in [0.2, 0.25) is 0 Å². The highest BCUT2D eigenvalue weighted by atomic mass is 15.2. The summed E-state index contributed by atoms with van der Waals surface area (Å²) in [5.41, 5.74) is 10.1. The van der Waals surface area contributed by atoms with Crippen LogP contribution in [0.3, 0.4) is 0 Å². The third kappa shape index (κ3) is 4.21. The van der Waals surface area contributed by atoms with Gasteiger partial charge in [-0.2, -0.15) is 0 Å². The number of likely N-dealkylation sites (tertiary alicyclic amines) is 1. The van der Waals surface area contributed by atoms with E-state index in [9.17, 15) is 0 Å². The van der Waals surface area contributed by atoms with E-state index in [4.69, 9.17) is 5.73 Å². The summed E-state index contributed by atoms with van der Waals surface area (Å²) in [6.45, 7) is 10.1. The van der Waals surface area contributed by atoms with Gasteiger partial charge in [0.1, 0.15) is 0 Å². The molecule has 0 amide bonds. The minimum Gasteiger partial charge on any atom is -0.371 e. The van der Waals surface area contributed by atoms with Crippen LogP contribution in [-0.2, 0) is 6.42 Å². The predicted molar refractivity (Wildman–Crippen MR) is 92.1 cm³/mol. The van der Waals surface area contributed by atoms with Crippen LogP contribution in [-0.4, -0.2) is 43.7 Å². The van der Waals surface area contributed by atoms with E-state index in [1.807, 2.05) is 0 Å². The van der Waals surface area contributed by atoms with Crippen molar-refractivity contribution in [2.24, 2.45) is 5.73 Å². The van der Waals surface area contributed by atoms with E-state index in [0.29, 0.717) is 6.04 Å². The maximum absolute atomic E-state index is 6.03. The molecule has 1 aromatic rings. The van der Waals surface area contributed by atoms with Gasteiger partial charge >= 0.3 is 0 Å². The molecule has 118 valence electrons. The third-order valence-corrected chi connectivity index (χ3v) is 4.71. The highest BCUT2D eigenvalue weighted by Crippen LogP contribution is 2.27. The molecule has 3 heteroatoms. The number of aryl methyl sites for hydroxylation is 1. The Labute approximate surface area is 130 Å². The maximum Gasteiger partial charge on any atom is 0.0399 e. The average Bonchev–Trinajstić information content (AvgIpc) is 2.46. The predicted octanol–water partition coefficient (Wildman–Crippen LogP) is 2.81. The lowest BCUT2D eigenvalue weighted by Crippen LogP contribution is -2.43. The van der Waals surface area contributed by atoms with Crippen LogP contribution in [0.5, 0.6) is 0 Å². The SMILES string of the molecule is CCN1CCC(N(C)c2ccc(C)cc2CC(C)N)CC1. The van der Waals surface area contributed by atoms with Gasteiger partial charge in [-0.3, -0.25) is 0 Å². The summed E-state index contributed by atoms with van der Waals surface area (Å²) in [4.78, 5) is 5.03. The van der Waals surface area contributed by atoms with Crippen LogP contribution in [0, 0.1) is 6.92 Å². The number of piperidine rings is 1. The first-order valence-electron chi connectivity index (χ1n) is 8.31. The van der Waals surface area contributed by atoms with Crippen LogP contribution in [0.15, 0.2) is 18.2 Å². The lowest BCUT2D eigenvalue weighted by atomic mass is 9.98. The molecule has 1 fully saturated rings. The molecule has 2 rings (SSSR count). The lowest BCUT2D eigenvalue weighted by molar-refractivity contribution is 0.221. The summed E-state index contributed by atoms with van der Waals surface area (Å²) in [6.07, 6.45) is 3.47. The Kier molecular flexibility index (Phi) is 5.65. The van der Waals surface area contributed by atoms with Crippen LogP contribution in [0.25, 0.3) is 0 Å². The fourth-order valence-electron chi connectivity index (χ4n) is 3.39. The normalized spacial score (nSPS) is 18.7. The molecule has 1 unspecified atom stereocenters. The number of anilines is 1. The molecule has 3 nitrogen and oxygen atoms in total. The number of nitrogens with two attached hydrogens (primary N) is 1. The van der Waals surface area contributed by atoms with E-state index in [1.54, 1.807) is 0 Å². The van der Waals surface area contributed by atoms with Crippen molar-refractivity contribution < 1.29 is 0 Å². The first-order chi connectivity index (χ1) is 10.0. The number of rotatable bonds is 5. The van der Waals surface area contributed by atoms with Crippen molar-refractivity contribution in [1.82, 2.24) is 4.90 Å². The molecule has 0 bridgehead atoms. The van der Waals surface area contributed by atoms with E-state index in [1.165, 1.54) is 49.3 Å². The Balaban J connectivity index is 2.13. The third-order valence-electron chi connectivity index (χ3n) is 4.71. The van der Waals surface area contributed by atoms with Crippen molar-refractivity contribution in [2.75, 3.05) is 31.6 Å². The zero-order valence-corrected chi connectivity index (χ0v) is 14.1. The molecule has 1 saturated heterocycles. The monoisotopic (exact) mass is 289 g/mol. The van der Waals surface area contributed by atoms with Gasteiger partial charge in [-0.1, -0.05) is 24.6 Å². The highest BCUT2D eigenvalue weighted by Gasteiger charge is 2.23. The Morgan fingerprint density at radius 1 is 1.33 bits per heavy atom. The van der Waals surface area contributed by atoms with Gasteiger partial charge in [0, 0.05) is 37.9 Å². The second-order valence-electron chi connectivity index (χ2n) is 6.59. The van der Waals surface area contributed by atoms with Crippen molar-refractivity contribution >= 4 is 5.69 Å². The van der Waals surface area contributed by atoms with Gasteiger partial charge in [0.05, 0.1) is 0 Å². The lowest BCUT2D eigenvalue weighted by Gasteiger charge is -2.38. The van der Waals surface area contributed by atoms with E-state index >= 15 is 0 Å². The summed E-state index contributed by atoms with van der Waals surface area (Å²) in [5, 5.41) is 0. The summed E-state index contributed by atoms with van der Waals surface area (Å²) in [6, 6.07) is 7.66. The van der Waals surface area contributed by atoms with Gasteiger partial charge in [0.15, 0.2) is 0 Å². The highest BCUT2D eigenvalue weighted by molar-refractivity contribution is 5.55. The van der Waals surface area contributed by atoms with Crippen molar-refractivity contribution in [3.8, 4) is 0 Å². The molecule has 1 atom stereocenters. The van der Waals surface area contributed by atoms with Crippen molar-refractivity contribution in [2.45, 2.75) is 52.1 Å². The molecule has 1 aliphatic heterocycles. The van der Waals surface area contributed by atoms with Gasteiger partial charge in [-0.15, -0.1) is 0 Å². The zero-order valence-electron chi connectivity index (χ0n) is 14.1. The quantitative estimate of drug-likeness (QED) is 0.904. The fourth-order valence-corrected chi connectivity index (χ4v) is 3.39. The number of nitrogens with zero attached hydrogens (tertiary/aromatic N) is 2. The van der Waals surface area contributed by atoms with Gasteiger partial charge < -0.3 is 15.5 Å². The molecule has 0 spiro atoms. The standard InChI is InChI=1S/C18H31N3/c1-5-21-10-8-17(9-11-21)20(4)18-7-6-14(2)12-16(18)13-15(3)19/h6-7,12,15,17H,5,8-11,13,19H2,1-4H3. The molecule has 1 aliphatic rings. The van der Waals surface area contributed by atoms with Crippen molar-refractivity contribution in [3.63, 3.8) is 0 Å².